The van der Waals surface area contributed by atoms with Crippen molar-refractivity contribution in [3.63, 3.8) is 0 Å². The lowest BCUT2D eigenvalue weighted by Crippen LogP contribution is -2.50. The van der Waals surface area contributed by atoms with Crippen LogP contribution in [0.5, 0.6) is 17.2 Å². The lowest BCUT2D eigenvalue weighted by atomic mass is 9.94. The van der Waals surface area contributed by atoms with Crippen LogP contribution in [0.3, 0.4) is 0 Å². The van der Waals surface area contributed by atoms with Gasteiger partial charge in [-0.25, -0.2) is 4.79 Å². The Bertz CT molecular complexity index is 888. The van der Waals surface area contributed by atoms with Crippen LogP contribution in [-0.2, 0) is 6.54 Å². The first-order valence-corrected chi connectivity index (χ1v) is 11.7. The van der Waals surface area contributed by atoms with Crippen molar-refractivity contribution in [2.45, 2.75) is 44.7 Å². The summed E-state index contributed by atoms with van der Waals surface area (Å²) in [5, 5.41) is 0. The van der Waals surface area contributed by atoms with Gasteiger partial charge in [-0.05, 0) is 31.0 Å². The molecule has 1 aliphatic heterocycles. The quantitative estimate of drug-likeness (QED) is 0.473. The number of rotatable bonds is 7. The van der Waals surface area contributed by atoms with Gasteiger partial charge in [0, 0.05) is 44.3 Å². The van der Waals surface area contributed by atoms with Gasteiger partial charge < -0.3 is 14.2 Å². The SMILES string of the molecule is COc1ccc(CN2CCN(C3CCCCC3)CC2)c(OC(=O)c2ccccc2)c1OC. The fraction of sp³-hybridized carbons (Fsp3) is 0.500. The van der Waals surface area contributed by atoms with E-state index in [1.54, 1.807) is 26.4 Å². The zero-order chi connectivity index (χ0) is 22.3. The van der Waals surface area contributed by atoms with Crippen molar-refractivity contribution in [3.8, 4) is 17.2 Å². The molecule has 1 heterocycles. The van der Waals surface area contributed by atoms with Gasteiger partial charge in [0.05, 0.1) is 19.8 Å². The number of ether oxygens (including phenoxy) is 3. The molecule has 2 aromatic rings. The van der Waals surface area contributed by atoms with Crippen LogP contribution in [0, 0.1) is 0 Å². The highest BCUT2D eigenvalue weighted by atomic mass is 16.6. The Balaban J connectivity index is 1.49. The van der Waals surface area contributed by atoms with Gasteiger partial charge in [0.25, 0.3) is 0 Å². The zero-order valence-corrected chi connectivity index (χ0v) is 19.2. The van der Waals surface area contributed by atoms with E-state index >= 15 is 0 Å². The second-order valence-corrected chi connectivity index (χ2v) is 8.65. The molecule has 2 fully saturated rings. The van der Waals surface area contributed by atoms with Crippen LogP contribution in [0.15, 0.2) is 42.5 Å². The fourth-order valence-electron chi connectivity index (χ4n) is 4.88. The number of hydrogen-bond donors (Lipinski definition) is 0. The monoisotopic (exact) mass is 438 g/mol. The number of methoxy groups -OCH3 is 2. The molecule has 4 rings (SSSR count). The highest BCUT2D eigenvalue weighted by Gasteiger charge is 2.27. The number of carbonyl (C=O) groups excluding carboxylic acids is 1. The minimum absolute atomic E-state index is 0.402. The summed E-state index contributed by atoms with van der Waals surface area (Å²) in [4.78, 5) is 17.9. The van der Waals surface area contributed by atoms with Crippen molar-refractivity contribution in [1.29, 1.82) is 0 Å². The molecule has 0 unspecified atom stereocenters. The van der Waals surface area contributed by atoms with Crippen LogP contribution >= 0.6 is 0 Å². The van der Waals surface area contributed by atoms with E-state index in [1.165, 1.54) is 32.1 Å². The maximum absolute atomic E-state index is 12.8. The molecular weight excluding hydrogens is 404 g/mol. The molecule has 0 atom stereocenters. The second kappa shape index (κ2) is 10.8. The minimum Gasteiger partial charge on any atom is -0.493 e. The molecule has 6 nitrogen and oxygen atoms in total. The number of esters is 1. The summed E-state index contributed by atoms with van der Waals surface area (Å²) in [6, 6.07) is 13.6. The van der Waals surface area contributed by atoms with Gasteiger partial charge in [-0.2, -0.15) is 0 Å². The normalized spacial score (nSPS) is 18.3. The van der Waals surface area contributed by atoms with Crippen LogP contribution in [0.1, 0.15) is 48.0 Å². The first-order valence-electron chi connectivity index (χ1n) is 11.7. The molecule has 1 saturated carbocycles. The third-order valence-electron chi connectivity index (χ3n) is 6.68. The average molecular weight is 439 g/mol. The molecule has 0 amide bonds. The number of piperazine rings is 1. The van der Waals surface area contributed by atoms with Crippen LogP contribution in [0.2, 0.25) is 0 Å². The molecule has 0 N–H and O–H groups in total. The van der Waals surface area contributed by atoms with E-state index in [0.29, 0.717) is 29.4 Å². The maximum Gasteiger partial charge on any atom is 0.343 e. The van der Waals surface area contributed by atoms with Gasteiger partial charge in [-0.3, -0.25) is 9.80 Å². The van der Waals surface area contributed by atoms with Crippen molar-refractivity contribution < 1.29 is 19.0 Å². The highest BCUT2D eigenvalue weighted by Crippen LogP contribution is 2.41. The molecule has 32 heavy (non-hydrogen) atoms. The first kappa shape index (κ1) is 22.6. The topological polar surface area (TPSA) is 51.2 Å². The molecule has 0 aromatic heterocycles. The van der Waals surface area contributed by atoms with E-state index in [0.717, 1.165) is 37.8 Å². The Kier molecular flexibility index (Phi) is 7.66. The third kappa shape index (κ3) is 5.25. The van der Waals surface area contributed by atoms with Crippen molar-refractivity contribution in [2.75, 3.05) is 40.4 Å². The van der Waals surface area contributed by atoms with Gasteiger partial charge in [-0.1, -0.05) is 43.5 Å². The summed E-state index contributed by atoms with van der Waals surface area (Å²) >= 11 is 0. The number of carbonyl (C=O) groups is 1. The lowest BCUT2D eigenvalue weighted by molar-refractivity contribution is 0.0699. The minimum atomic E-state index is -0.402. The van der Waals surface area contributed by atoms with Gasteiger partial charge >= 0.3 is 5.97 Å². The van der Waals surface area contributed by atoms with Crippen LogP contribution in [0.4, 0.5) is 0 Å². The van der Waals surface area contributed by atoms with Crippen molar-refractivity contribution >= 4 is 5.97 Å². The molecule has 2 aliphatic rings. The number of benzene rings is 2. The van der Waals surface area contributed by atoms with Crippen LogP contribution < -0.4 is 14.2 Å². The zero-order valence-electron chi connectivity index (χ0n) is 19.2. The van der Waals surface area contributed by atoms with Crippen molar-refractivity contribution in [2.24, 2.45) is 0 Å². The molecule has 2 aromatic carbocycles. The first-order chi connectivity index (χ1) is 15.7. The largest absolute Gasteiger partial charge is 0.493 e. The second-order valence-electron chi connectivity index (χ2n) is 8.65. The fourth-order valence-corrected chi connectivity index (χ4v) is 4.88. The van der Waals surface area contributed by atoms with Gasteiger partial charge in [0.2, 0.25) is 5.75 Å². The van der Waals surface area contributed by atoms with E-state index < -0.39 is 5.97 Å². The van der Waals surface area contributed by atoms with Crippen molar-refractivity contribution in [3.05, 3.63) is 53.6 Å². The Labute approximate surface area is 191 Å². The van der Waals surface area contributed by atoms with Crippen LogP contribution in [-0.4, -0.2) is 62.2 Å². The Morgan fingerprint density at radius 3 is 2.25 bits per heavy atom. The van der Waals surface area contributed by atoms with E-state index in [2.05, 4.69) is 9.80 Å². The molecule has 0 spiro atoms. The molecule has 172 valence electrons. The maximum atomic E-state index is 12.8. The van der Waals surface area contributed by atoms with E-state index in [9.17, 15) is 4.79 Å². The summed E-state index contributed by atoms with van der Waals surface area (Å²) in [5.41, 5.74) is 1.43. The Hall–Kier alpha value is -2.57. The standard InChI is InChI=1S/C26H34N2O4/c1-30-23-14-13-21(19-27-15-17-28(18-16-27)22-11-7-4-8-12-22)24(25(23)31-2)32-26(29)20-9-5-3-6-10-20/h3,5-6,9-10,13-14,22H,4,7-8,11-12,15-19H2,1-2H3. The summed E-state index contributed by atoms with van der Waals surface area (Å²) in [7, 11) is 3.16. The predicted molar refractivity (Wildman–Crippen MR) is 125 cm³/mol. The number of nitrogens with zero attached hydrogens (tertiary/aromatic N) is 2. The molecule has 1 aliphatic carbocycles. The molecular formula is C26H34N2O4. The Morgan fingerprint density at radius 1 is 0.875 bits per heavy atom. The summed E-state index contributed by atoms with van der Waals surface area (Å²) in [6.07, 6.45) is 6.81. The summed E-state index contributed by atoms with van der Waals surface area (Å²) in [6.45, 7) is 4.91. The van der Waals surface area contributed by atoms with E-state index in [1.807, 2.05) is 30.3 Å². The molecule has 0 radical (unpaired) electrons. The molecule has 1 saturated heterocycles. The summed E-state index contributed by atoms with van der Waals surface area (Å²) in [5.74, 6) is 1.04. The van der Waals surface area contributed by atoms with E-state index in [4.69, 9.17) is 14.2 Å². The van der Waals surface area contributed by atoms with Crippen molar-refractivity contribution in [1.82, 2.24) is 9.80 Å². The Morgan fingerprint density at radius 2 is 1.59 bits per heavy atom. The van der Waals surface area contributed by atoms with Gasteiger partial charge in [-0.15, -0.1) is 0 Å². The average Bonchev–Trinajstić information content (AvgIpc) is 2.86. The highest BCUT2D eigenvalue weighted by molar-refractivity contribution is 5.91. The number of hydrogen-bond acceptors (Lipinski definition) is 6. The predicted octanol–water partition coefficient (Wildman–Crippen LogP) is 4.37. The smallest absolute Gasteiger partial charge is 0.343 e. The summed E-state index contributed by atoms with van der Waals surface area (Å²) < 4.78 is 16.9. The van der Waals surface area contributed by atoms with E-state index in [-0.39, 0.29) is 0 Å². The molecule has 6 heteroatoms. The lowest BCUT2D eigenvalue weighted by Gasteiger charge is -2.40. The van der Waals surface area contributed by atoms with Gasteiger partial charge in [0.1, 0.15) is 0 Å². The van der Waals surface area contributed by atoms with Crippen LogP contribution in [0.25, 0.3) is 0 Å². The van der Waals surface area contributed by atoms with Gasteiger partial charge in [0.15, 0.2) is 11.5 Å². The molecule has 0 bridgehead atoms. The third-order valence-corrected chi connectivity index (χ3v) is 6.68.